The van der Waals surface area contributed by atoms with Crippen LogP contribution in [0.15, 0.2) is 12.1 Å². The number of ether oxygens (including phenoxy) is 1. The summed E-state index contributed by atoms with van der Waals surface area (Å²) in [4.78, 5) is 0. The molecule has 0 bridgehead atoms. The number of alkyl halides is 1. The molecule has 0 aliphatic heterocycles. The molecule has 3 rings (SSSR count). The van der Waals surface area contributed by atoms with E-state index in [-0.39, 0.29) is 12.5 Å². The van der Waals surface area contributed by atoms with Gasteiger partial charge in [0.05, 0.1) is 0 Å². The summed E-state index contributed by atoms with van der Waals surface area (Å²) < 4.78 is 45.4. The number of rotatable bonds is 7. The maximum atomic E-state index is 14.2. The summed E-state index contributed by atoms with van der Waals surface area (Å²) in [5.41, 5.74) is 0.725. The fraction of sp³-hybridized carbons (Fsp3) is 0.739. The first-order valence-corrected chi connectivity index (χ1v) is 10.8. The lowest BCUT2D eigenvalue weighted by molar-refractivity contribution is 0.156. The molecule has 4 heteroatoms. The Balaban J connectivity index is 1.53. The van der Waals surface area contributed by atoms with E-state index in [1.165, 1.54) is 50.7 Å². The minimum Gasteiger partial charge on any atom is -0.485 e. The van der Waals surface area contributed by atoms with E-state index >= 15 is 0 Å². The van der Waals surface area contributed by atoms with E-state index in [1.54, 1.807) is 0 Å². The van der Waals surface area contributed by atoms with Gasteiger partial charge in [0, 0.05) is 0 Å². The molecule has 152 valence electrons. The topological polar surface area (TPSA) is 9.23 Å². The summed E-state index contributed by atoms with van der Waals surface area (Å²) >= 11 is 0. The SMILES string of the molecule is CCCC1CCC(C2CCC(c3cc(F)c(OCCF)c(F)c3)CC2)CC1. The van der Waals surface area contributed by atoms with Crippen LogP contribution in [0.4, 0.5) is 13.2 Å². The summed E-state index contributed by atoms with van der Waals surface area (Å²) in [6.07, 6.45) is 12.5. The fourth-order valence-corrected chi connectivity index (χ4v) is 5.37. The van der Waals surface area contributed by atoms with E-state index in [0.29, 0.717) is 0 Å². The minimum absolute atomic E-state index is 0.219. The van der Waals surface area contributed by atoms with E-state index in [9.17, 15) is 13.2 Å². The van der Waals surface area contributed by atoms with Gasteiger partial charge in [0.25, 0.3) is 0 Å². The molecule has 27 heavy (non-hydrogen) atoms. The van der Waals surface area contributed by atoms with Gasteiger partial charge in [0.15, 0.2) is 17.4 Å². The van der Waals surface area contributed by atoms with Crippen molar-refractivity contribution in [3.8, 4) is 5.75 Å². The quantitative estimate of drug-likeness (QED) is 0.485. The minimum atomic E-state index is -0.759. The monoisotopic (exact) mass is 382 g/mol. The molecule has 0 heterocycles. The van der Waals surface area contributed by atoms with Crippen molar-refractivity contribution in [3.05, 3.63) is 29.3 Å². The predicted octanol–water partition coefficient (Wildman–Crippen LogP) is 7.19. The normalized spacial score (nSPS) is 28.9. The molecule has 0 radical (unpaired) electrons. The Labute approximate surface area is 161 Å². The Bertz CT molecular complexity index is 564. The van der Waals surface area contributed by atoms with Crippen LogP contribution < -0.4 is 4.74 Å². The largest absolute Gasteiger partial charge is 0.485 e. The van der Waals surface area contributed by atoms with E-state index < -0.39 is 24.1 Å². The van der Waals surface area contributed by atoms with Crippen LogP contribution in [0, 0.1) is 29.4 Å². The van der Waals surface area contributed by atoms with Crippen molar-refractivity contribution in [1.29, 1.82) is 0 Å². The van der Waals surface area contributed by atoms with E-state index in [1.807, 2.05) is 0 Å². The third kappa shape index (κ3) is 5.20. The molecule has 0 amide bonds. The molecule has 0 saturated heterocycles. The van der Waals surface area contributed by atoms with Crippen LogP contribution in [0.25, 0.3) is 0 Å². The van der Waals surface area contributed by atoms with Gasteiger partial charge in [0.1, 0.15) is 13.3 Å². The van der Waals surface area contributed by atoms with Crippen molar-refractivity contribution in [2.75, 3.05) is 13.3 Å². The summed E-state index contributed by atoms with van der Waals surface area (Å²) in [7, 11) is 0. The molecule has 1 nitrogen and oxygen atoms in total. The van der Waals surface area contributed by atoms with Crippen LogP contribution in [-0.4, -0.2) is 13.3 Å². The van der Waals surface area contributed by atoms with Gasteiger partial charge >= 0.3 is 0 Å². The van der Waals surface area contributed by atoms with Crippen LogP contribution in [-0.2, 0) is 0 Å². The Kier molecular flexibility index (Phi) is 7.49. The maximum absolute atomic E-state index is 14.2. The second-order valence-corrected chi connectivity index (χ2v) is 8.53. The highest BCUT2D eigenvalue weighted by molar-refractivity contribution is 5.33. The van der Waals surface area contributed by atoms with Crippen LogP contribution >= 0.6 is 0 Å². The Morgan fingerprint density at radius 1 is 0.889 bits per heavy atom. The summed E-state index contributed by atoms with van der Waals surface area (Å²) in [6.45, 7) is 1.20. The molecule has 2 aliphatic carbocycles. The van der Waals surface area contributed by atoms with Gasteiger partial charge in [-0.25, -0.2) is 13.2 Å². The first kappa shape index (κ1) is 20.5. The molecule has 0 spiro atoms. The number of benzene rings is 1. The summed E-state index contributed by atoms with van der Waals surface area (Å²) in [5, 5.41) is 0. The molecule has 0 aromatic heterocycles. The average molecular weight is 383 g/mol. The molecule has 1 aromatic rings. The zero-order chi connectivity index (χ0) is 19.2. The summed E-state index contributed by atoms with van der Waals surface area (Å²) in [6, 6.07) is 2.77. The van der Waals surface area contributed by atoms with Crippen molar-refractivity contribution >= 4 is 0 Å². The zero-order valence-corrected chi connectivity index (χ0v) is 16.5. The van der Waals surface area contributed by atoms with Gasteiger partial charge in [-0.2, -0.15) is 0 Å². The Morgan fingerprint density at radius 2 is 1.44 bits per heavy atom. The lowest BCUT2D eigenvalue weighted by Gasteiger charge is -2.38. The number of halogens is 3. The second-order valence-electron chi connectivity index (χ2n) is 8.53. The van der Waals surface area contributed by atoms with Gasteiger partial charge in [0.2, 0.25) is 0 Å². The lowest BCUT2D eigenvalue weighted by Crippen LogP contribution is -2.25. The molecular formula is C23H33F3O. The third-order valence-electron chi connectivity index (χ3n) is 6.84. The van der Waals surface area contributed by atoms with Gasteiger partial charge in [-0.1, -0.05) is 32.6 Å². The molecular weight excluding hydrogens is 349 g/mol. The van der Waals surface area contributed by atoms with E-state index in [4.69, 9.17) is 4.74 Å². The lowest BCUT2D eigenvalue weighted by atomic mass is 9.68. The molecule has 0 atom stereocenters. The average Bonchev–Trinajstić information content (AvgIpc) is 2.68. The highest BCUT2D eigenvalue weighted by atomic mass is 19.1. The van der Waals surface area contributed by atoms with Gasteiger partial charge < -0.3 is 4.74 Å². The third-order valence-corrected chi connectivity index (χ3v) is 6.84. The first-order chi connectivity index (χ1) is 13.1. The smallest absolute Gasteiger partial charge is 0.190 e. The van der Waals surface area contributed by atoms with Crippen molar-refractivity contribution in [2.24, 2.45) is 17.8 Å². The van der Waals surface area contributed by atoms with E-state index in [0.717, 1.165) is 49.0 Å². The highest BCUT2D eigenvalue weighted by Gasteiger charge is 2.31. The fourth-order valence-electron chi connectivity index (χ4n) is 5.37. The Hall–Kier alpha value is -1.19. The van der Waals surface area contributed by atoms with Gasteiger partial charge in [-0.15, -0.1) is 0 Å². The van der Waals surface area contributed by atoms with Crippen molar-refractivity contribution in [1.82, 2.24) is 0 Å². The Morgan fingerprint density at radius 3 is 1.96 bits per heavy atom. The highest BCUT2D eigenvalue weighted by Crippen LogP contribution is 2.45. The molecule has 2 saturated carbocycles. The van der Waals surface area contributed by atoms with Crippen molar-refractivity contribution in [2.45, 2.75) is 77.0 Å². The van der Waals surface area contributed by atoms with Crippen molar-refractivity contribution < 1.29 is 17.9 Å². The van der Waals surface area contributed by atoms with Crippen LogP contribution in [0.1, 0.15) is 82.6 Å². The number of hydrogen-bond acceptors (Lipinski definition) is 1. The molecule has 0 N–H and O–H groups in total. The predicted molar refractivity (Wildman–Crippen MR) is 103 cm³/mol. The molecule has 2 aliphatic rings. The second kappa shape index (κ2) is 9.84. The van der Waals surface area contributed by atoms with Gasteiger partial charge in [-0.05, 0) is 79.9 Å². The molecule has 0 unspecified atom stereocenters. The van der Waals surface area contributed by atoms with Crippen molar-refractivity contribution in [3.63, 3.8) is 0 Å². The summed E-state index contributed by atoms with van der Waals surface area (Å²) in [5.74, 6) is 0.914. The van der Waals surface area contributed by atoms with Crippen LogP contribution in [0.5, 0.6) is 5.75 Å². The maximum Gasteiger partial charge on any atom is 0.190 e. The van der Waals surface area contributed by atoms with E-state index in [2.05, 4.69) is 6.92 Å². The molecule has 1 aromatic carbocycles. The molecule has 2 fully saturated rings. The van der Waals surface area contributed by atoms with Crippen LogP contribution in [0.3, 0.4) is 0 Å². The number of hydrogen-bond donors (Lipinski definition) is 0. The van der Waals surface area contributed by atoms with Crippen LogP contribution in [0.2, 0.25) is 0 Å². The standard InChI is InChI=1S/C23H33F3O/c1-2-3-16-4-6-17(7-5-16)18-8-10-19(11-9-18)20-14-21(25)23(22(26)15-20)27-13-12-24/h14-19H,2-13H2,1H3. The van der Waals surface area contributed by atoms with Gasteiger partial charge in [-0.3, -0.25) is 0 Å². The first-order valence-electron chi connectivity index (χ1n) is 10.8. The zero-order valence-electron chi connectivity index (χ0n) is 16.5.